The third-order valence-electron chi connectivity index (χ3n) is 5.39. The van der Waals surface area contributed by atoms with Crippen LogP contribution in [0.3, 0.4) is 0 Å². The number of carbonyl (C=O) groups is 2. The first-order valence-corrected chi connectivity index (χ1v) is 10.4. The SMILES string of the molecule is CC(N)C(OC(=O)C(=O)OC(c1ccc(F)c2ccoc12)C(C)N)c1ccc(F)c2ccoc12. The van der Waals surface area contributed by atoms with Gasteiger partial charge in [-0.25, -0.2) is 18.4 Å². The van der Waals surface area contributed by atoms with Crippen LogP contribution in [0.1, 0.15) is 37.2 Å². The second kappa shape index (κ2) is 9.24. The Hall–Kier alpha value is -3.76. The Kier molecular flexibility index (Phi) is 6.36. The molecule has 34 heavy (non-hydrogen) atoms. The second-order valence-corrected chi connectivity index (χ2v) is 7.97. The Morgan fingerprint density at radius 1 is 0.735 bits per heavy atom. The van der Waals surface area contributed by atoms with Crippen LogP contribution in [-0.2, 0) is 19.1 Å². The van der Waals surface area contributed by atoms with Crippen LogP contribution in [0, 0.1) is 11.6 Å². The topological polar surface area (TPSA) is 131 Å². The normalized spacial score (nSPS) is 15.1. The number of halogens is 2. The van der Waals surface area contributed by atoms with Crippen molar-refractivity contribution < 1.29 is 36.7 Å². The predicted octanol–water partition coefficient (Wildman–Crippen LogP) is 4.02. The third-order valence-corrected chi connectivity index (χ3v) is 5.39. The largest absolute Gasteiger partial charge is 0.464 e. The molecule has 8 nitrogen and oxygen atoms in total. The first-order chi connectivity index (χ1) is 16.2. The summed E-state index contributed by atoms with van der Waals surface area (Å²) in [5.74, 6) is -3.72. The minimum absolute atomic E-state index is 0.142. The summed E-state index contributed by atoms with van der Waals surface area (Å²) in [6.07, 6.45) is 0.310. The minimum atomic E-state index is -1.34. The number of fused-ring (bicyclic) bond motifs is 2. The Morgan fingerprint density at radius 3 is 1.47 bits per heavy atom. The maximum Gasteiger partial charge on any atom is 0.418 e. The van der Waals surface area contributed by atoms with E-state index in [4.69, 9.17) is 29.8 Å². The number of furan rings is 2. The quantitative estimate of drug-likeness (QED) is 0.318. The van der Waals surface area contributed by atoms with Crippen LogP contribution in [-0.4, -0.2) is 24.0 Å². The molecule has 4 rings (SSSR count). The van der Waals surface area contributed by atoms with Crippen LogP contribution in [0.25, 0.3) is 21.9 Å². The van der Waals surface area contributed by atoms with Crippen molar-refractivity contribution in [1.82, 2.24) is 0 Å². The summed E-state index contributed by atoms with van der Waals surface area (Å²) in [6, 6.07) is 6.39. The summed E-state index contributed by atoms with van der Waals surface area (Å²) in [7, 11) is 0. The maximum atomic E-state index is 14.0. The molecule has 0 radical (unpaired) electrons. The van der Waals surface area contributed by atoms with Gasteiger partial charge in [0.1, 0.15) is 35.0 Å². The molecule has 2 aromatic carbocycles. The summed E-state index contributed by atoms with van der Waals surface area (Å²) >= 11 is 0. The fourth-order valence-corrected chi connectivity index (χ4v) is 3.78. The summed E-state index contributed by atoms with van der Waals surface area (Å²) in [4.78, 5) is 25.3. The molecule has 4 atom stereocenters. The summed E-state index contributed by atoms with van der Waals surface area (Å²) in [5.41, 5.74) is 12.8. The van der Waals surface area contributed by atoms with Crippen molar-refractivity contribution in [2.75, 3.05) is 0 Å². The molecule has 4 N–H and O–H groups in total. The molecule has 0 saturated heterocycles. The number of hydrogen-bond donors (Lipinski definition) is 2. The molecule has 0 saturated carbocycles. The monoisotopic (exact) mass is 472 g/mol. The highest BCUT2D eigenvalue weighted by atomic mass is 19.1. The van der Waals surface area contributed by atoms with Crippen molar-refractivity contribution in [2.24, 2.45) is 11.5 Å². The fourth-order valence-electron chi connectivity index (χ4n) is 3.78. The number of benzene rings is 2. The molecule has 0 aliphatic carbocycles. The molecule has 2 heterocycles. The smallest absolute Gasteiger partial charge is 0.418 e. The average molecular weight is 472 g/mol. The molecule has 4 aromatic rings. The maximum absolute atomic E-state index is 14.0. The van der Waals surface area contributed by atoms with Crippen molar-refractivity contribution in [3.8, 4) is 0 Å². The zero-order valence-electron chi connectivity index (χ0n) is 18.3. The first-order valence-electron chi connectivity index (χ1n) is 10.4. The standard InChI is InChI=1S/C24H22F2N2O6/c1-11(27)19(15-3-5-17(25)13-7-9-31-21(13)15)33-23(29)24(30)34-20(12(2)28)16-4-6-18(26)14-8-10-32-22(14)16/h3-12,19-20H,27-28H2,1-2H3. The number of hydrogen-bond acceptors (Lipinski definition) is 8. The molecule has 0 bridgehead atoms. The fraction of sp³-hybridized carbons (Fsp3) is 0.250. The van der Waals surface area contributed by atoms with E-state index in [-0.39, 0.29) is 33.1 Å². The van der Waals surface area contributed by atoms with Crippen LogP contribution in [0.5, 0.6) is 0 Å². The molecule has 0 amide bonds. The minimum Gasteiger partial charge on any atom is -0.464 e. The van der Waals surface area contributed by atoms with E-state index in [0.29, 0.717) is 0 Å². The molecule has 0 aliphatic rings. The molecule has 0 spiro atoms. The van der Waals surface area contributed by atoms with Crippen molar-refractivity contribution in [3.05, 3.63) is 71.7 Å². The van der Waals surface area contributed by atoms with E-state index in [1.807, 2.05) is 0 Å². The third kappa shape index (κ3) is 4.25. The zero-order valence-corrected chi connectivity index (χ0v) is 18.3. The highest BCUT2D eigenvalue weighted by molar-refractivity contribution is 6.29. The van der Waals surface area contributed by atoms with Gasteiger partial charge < -0.3 is 29.8 Å². The van der Waals surface area contributed by atoms with E-state index in [0.717, 1.165) is 0 Å². The van der Waals surface area contributed by atoms with E-state index >= 15 is 0 Å². The van der Waals surface area contributed by atoms with Gasteiger partial charge in [0.2, 0.25) is 0 Å². The summed E-state index contributed by atoms with van der Waals surface area (Å²) < 4.78 is 49.4. The number of carbonyl (C=O) groups excluding carboxylic acids is 2. The van der Waals surface area contributed by atoms with Gasteiger partial charge in [0.05, 0.1) is 23.3 Å². The van der Waals surface area contributed by atoms with Crippen LogP contribution in [0.15, 0.2) is 57.8 Å². The second-order valence-electron chi connectivity index (χ2n) is 7.97. The Bertz CT molecular complexity index is 1260. The van der Waals surface area contributed by atoms with Crippen molar-refractivity contribution in [1.29, 1.82) is 0 Å². The highest BCUT2D eigenvalue weighted by Crippen LogP contribution is 2.33. The first kappa shape index (κ1) is 23.4. The number of esters is 2. The zero-order chi connectivity index (χ0) is 24.6. The van der Waals surface area contributed by atoms with Gasteiger partial charge in [0, 0.05) is 23.2 Å². The van der Waals surface area contributed by atoms with Gasteiger partial charge in [-0.15, -0.1) is 0 Å². The number of nitrogens with two attached hydrogens (primary N) is 2. The molecule has 4 unspecified atom stereocenters. The van der Waals surface area contributed by atoms with Crippen LogP contribution >= 0.6 is 0 Å². The van der Waals surface area contributed by atoms with Crippen LogP contribution in [0.4, 0.5) is 8.78 Å². The van der Waals surface area contributed by atoms with E-state index in [1.54, 1.807) is 13.8 Å². The van der Waals surface area contributed by atoms with Crippen LogP contribution < -0.4 is 11.5 Å². The Balaban J connectivity index is 1.58. The van der Waals surface area contributed by atoms with Gasteiger partial charge in [-0.2, -0.15) is 0 Å². The summed E-state index contributed by atoms with van der Waals surface area (Å²) in [6.45, 7) is 3.11. The molecule has 10 heteroatoms. The van der Waals surface area contributed by atoms with Crippen molar-refractivity contribution in [2.45, 2.75) is 38.1 Å². The molecule has 0 aliphatic heterocycles. The molecule has 2 aromatic heterocycles. The molecular weight excluding hydrogens is 450 g/mol. The van der Waals surface area contributed by atoms with Gasteiger partial charge in [-0.1, -0.05) is 0 Å². The predicted molar refractivity (Wildman–Crippen MR) is 117 cm³/mol. The average Bonchev–Trinajstić information content (AvgIpc) is 3.47. The lowest BCUT2D eigenvalue weighted by Crippen LogP contribution is -2.35. The Labute approximate surface area is 192 Å². The highest BCUT2D eigenvalue weighted by Gasteiger charge is 2.33. The number of rotatable bonds is 6. The van der Waals surface area contributed by atoms with E-state index < -0.39 is 47.9 Å². The van der Waals surface area contributed by atoms with E-state index in [9.17, 15) is 18.4 Å². The molecular formula is C24H22F2N2O6. The van der Waals surface area contributed by atoms with Gasteiger partial charge >= 0.3 is 11.9 Å². The van der Waals surface area contributed by atoms with Gasteiger partial charge in [0.15, 0.2) is 0 Å². The van der Waals surface area contributed by atoms with Gasteiger partial charge in [-0.05, 0) is 50.2 Å². The van der Waals surface area contributed by atoms with E-state index in [1.165, 1.54) is 48.9 Å². The van der Waals surface area contributed by atoms with Crippen molar-refractivity contribution >= 4 is 33.9 Å². The molecule has 0 fully saturated rings. The van der Waals surface area contributed by atoms with Crippen molar-refractivity contribution in [3.63, 3.8) is 0 Å². The lowest BCUT2D eigenvalue weighted by atomic mass is 10.0. The van der Waals surface area contributed by atoms with Gasteiger partial charge in [-0.3, -0.25) is 0 Å². The van der Waals surface area contributed by atoms with E-state index in [2.05, 4.69) is 0 Å². The number of ether oxygens (including phenoxy) is 2. The summed E-state index contributed by atoms with van der Waals surface area (Å²) in [5, 5.41) is 0.357. The lowest BCUT2D eigenvalue weighted by molar-refractivity contribution is -0.175. The molecule has 178 valence electrons. The van der Waals surface area contributed by atoms with Crippen LogP contribution in [0.2, 0.25) is 0 Å². The lowest BCUT2D eigenvalue weighted by Gasteiger charge is -2.24. The van der Waals surface area contributed by atoms with Gasteiger partial charge in [0.25, 0.3) is 0 Å². The Morgan fingerprint density at radius 2 is 1.12 bits per heavy atom.